The molecule has 4 rings (SSSR count). The molecule has 158 valence electrons. The number of hydrogen-bond donors (Lipinski definition) is 1. The minimum atomic E-state index is -0.0822. The lowest BCUT2D eigenvalue weighted by Gasteiger charge is -2.13. The molecule has 0 fully saturated rings. The van der Waals surface area contributed by atoms with E-state index in [0.717, 1.165) is 28.4 Å². The number of carbonyl (C=O) groups excluding carboxylic acids is 1. The van der Waals surface area contributed by atoms with Crippen LogP contribution in [-0.2, 0) is 17.8 Å². The van der Waals surface area contributed by atoms with E-state index in [9.17, 15) is 4.79 Å². The molecule has 0 aliphatic heterocycles. The summed E-state index contributed by atoms with van der Waals surface area (Å²) in [7, 11) is 0. The van der Waals surface area contributed by atoms with Crippen LogP contribution in [0, 0.1) is 13.8 Å². The van der Waals surface area contributed by atoms with Crippen LogP contribution in [0.3, 0.4) is 0 Å². The van der Waals surface area contributed by atoms with Crippen LogP contribution < -0.4 is 5.32 Å². The van der Waals surface area contributed by atoms with Gasteiger partial charge in [-0.05, 0) is 43.2 Å². The largest absolute Gasteiger partial charge is 0.467 e. The molecule has 0 unspecified atom stereocenters. The highest BCUT2D eigenvalue weighted by molar-refractivity contribution is 7.99. The van der Waals surface area contributed by atoms with E-state index in [1.54, 1.807) is 12.3 Å². The third kappa shape index (κ3) is 5.24. The number of rotatable bonds is 8. The predicted octanol–water partition coefficient (Wildman–Crippen LogP) is 4.48. The number of nitrogens with one attached hydrogen (secondary N) is 1. The summed E-state index contributed by atoms with van der Waals surface area (Å²) >= 11 is 1.38. The predicted molar refractivity (Wildman–Crippen MR) is 121 cm³/mol. The molecule has 2 heterocycles. The van der Waals surface area contributed by atoms with E-state index < -0.39 is 0 Å². The van der Waals surface area contributed by atoms with Gasteiger partial charge in [-0.3, -0.25) is 9.36 Å². The van der Waals surface area contributed by atoms with E-state index in [1.807, 2.05) is 24.3 Å². The van der Waals surface area contributed by atoms with Crippen molar-refractivity contribution in [1.82, 2.24) is 20.1 Å². The zero-order chi connectivity index (χ0) is 21.6. The first kappa shape index (κ1) is 20.9. The van der Waals surface area contributed by atoms with Crippen molar-refractivity contribution in [3.8, 4) is 5.69 Å². The van der Waals surface area contributed by atoms with Crippen molar-refractivity contribution in [1.29, 1.82) is 0 Å². The first-order valence-electron chi connectivity index (χ1n) is 10.1. The van der Waals surface area contributed by atoms with E-state index in [0.29, 0.717) is 18.1 Å². The van der Waals surface area contributed by atoms with Crippen LogP contribution in [0.15, 0.2) is 76.5 Å². The molecular weight excluding hydrogens is 408 g/mol. The van der Waals surface area contributed by atoms with Crippen LogP contribution in [0.2, 0.25) is 0 Å². The van der Waals surface area contributed by atoms with Gasteiger partial charge in [-0.25, -0.2) is 0 Å². The van der Waals surface area contributed by atoms with Gasteiger partial charge in [0.05, 0.1) is 24.2 Å². The molecule has 2 aromatic heterocycles. The van der Waals surface area contributed by atoms with E-state index in [-0.39, 0.29) is 11.7 Å². The average Bonchev–Trinajstić information content (AvgIpc) is 3.42. The highest BCUT2D eigenvalue weighted by atomic mass is 32.2. The molecule has 0 radical (unpaired) electrons. The van der Waals surface area contributed by atoms with Gasteiger partial charge in [0, 0.05) is 6.42 Å². The molecule has 0 atom stereocenters. The Labute approximate surface area is 185 Å². The molecule has 0 saturated heterocycles. The Morgan fingerprint density at radius 1 is 1.06 bits per heavy atom. The van der Waals surface area contributed by atoms with Crippen molar-refractivity contribution in [3.05, 3.63) is 95.2 Å². The maximum atomic E-state index is 12.3. The molecule has 2 aromatic carbocycles. The Morgan fingerprint density at radius 3 is 2.65 bits per heavy atom. The summed E-state index contributed by atoms with van der Waals surface area (Å²) in [5, 5.41) is 12.4. The summed E-state index contributed by atoms with van der Waals surface area (Å²) in [5.41, 5.74) is 4.53. The fraction of sp³-hybridized carbons (Fsp3) is 0.208. The van der Waals surface area contributed by atoms with Crippen LogP contribution >= 0.6 is 11.8 Å². The van der Waals surface area contributed by atoms with Gasteiger partial charge in [0.2, 0.25) is 5.91 Å². The molecule has 0 aliphatic rings. The third-order valence-corrected chi connectivity index (χ3v) is 5.80. The second-order valence-corrected chi connectivity index (χ2v) is 8.27. The van der Waals surface area contributed by atoms with Crippen LogP contribution in [-0.4, -0.2) is 26.4 Å². The normalized spacial score (nSPS) is 10.9. The quantitative estimate of drug-likeness (QED) is 0.416. The van der Waals surface area contributed by atoms with Crippen molar-refractivity contribution in [3.63, 3.8) is 0 Å². The Morgan fingerprint density at radius 2 is 1.90 bits per heavy atom. The molecular formula is C24H24N4O2S. The number of aromatic nitrogens is 3. The summed E-state index contributed by atoms with van der Waals surface area (Å²) in [6, 6.07) is 20.1. The molecule has 1 N–H and O–H groups in total. The van der Waals surface area contributed by atoms with Crippen LogP contribution in [0.4, 0.5) is 0 Å². The summed E-state index contributed by atoms with van der Waals surface area (Å²) in [5.74, 6) is 1.73. The van der Waals surface area contributed by atoms with E-state index in [2.05, 4.69) is 64.3 Å². The van der Waals surface area contributed by atoms with Crippen molar-refractivity contribution in [2.24, 2.45) is 0 Å². The Kier molecular flexibility index (Phi) is 6.52. The summed E-state index contributed by atoms with van der Waals surface area (Å²) in [4.78, 5) is 12.3. The second kappa shape index (κ2) is 9.66. The monoisotopic (exact) mass is 432 g/mol. The fourth-order valence-corrected chi connectivity index (χ4v) is 4.16. The Hall–Kier alpha value is -3.32. The maximum absolute atomic E-state index is 12.3. The molecule has 31 heavy (non-hydrogen) atoms. The van der Waals surface area contributed by atoms with Gasteiger partial charge in [-0.2, -0.15) is 0 Å². The molecule has 6 nitrogen and oxygen atoms in total. The Balaban J connectivity index is 1.55. The summed E-state index contributed by atoms with van der Waals surface area (Å²) < 4.78 is 7.32. The number of aryl methyl sites for hydroxylation is 2. The first-order valence-corrected chi connectivity index (χ1v) is 11.1. The van der Waals surface area contributed by atoms with E-state index in [1.165, 1.54) is 17.3 Å². The smallest absolute Gasteiger partial charge is 0.230 e. The lowest BCUT2D eigenvalue weighted by molar-refractivity contribution is -0.118. The van der Waals surface area contributed by atoms with Gasteiger partial charge < -0.3 is 9.73 Å². The van der Waals surface area contributed by atoms with Crippen molar-refractivity contribution < 1.29 is 9.21 Å². The van der Waals surface area contributed by atoms with Gasteiger partial charge in [0.1, 0.15) is 11.6 Å². The number of nitrogens with zero attached hydrogens (tertiary/aromatic N) is 3. The van der Waals surface area contributed by atoms with Crippen molar-refractivity contribution in [2.45, 2.75) is 32.0 Å². The Bertz CT molecular complexity index is 1150. The van der Waals surface area contributed by atoms with Gasteiger partial charge in [0.25, 0.3) is 0 Å². The zero-order valence-electron chi connectivity index (χ0n) is 17.5. The highest BCUT2D eigenvalue weighted by Crippen LogP contribution is 2.26. The van der Waals surface area contributed by atoms with Crippen LogP contribution in [0.1, 0.15) is 28.3 Å². The average molecular weight is 433 g/mol. The number of furan rings is 1. The van der Waals surface area contributed by atoms with Gasteiger partial charge in [-0.15, -0.1) is 10.2 Å². The third-order valence-electron chi connectivity index (χ3n) is 4.87. The molecule has 0 aliphatic carbocycles. The number of thioether (sulfide) groups is 1. The lowest BCUT2D eigenvalue weighted by Crippen LogP contribution is -2.24. The van der Waals surface area contributed by atoms with E-state index in [4.69, 9.17) is 4.42 Å². The summed E-state index contributed by atoms with van der Waals surface area (Å²) in [6.45, 7) is 4.53. The van der Waals surface area contributed by atoms with Crippen molar-refractivity contribution >= 4 is 17.7 Å². The molecule has 7 heteroatoms. The number of carbonyl (C=O) groups is 1. The second-order valence-electron chi connectivity index (χ2n) is 7.33. The topological polar surface area (TPSA) is 73.0 Å². The van der Waals surface area contributed by atoms with Gasteiger partial charge in [0.15, 0.2) is 5.16 Å². The first-order chi connectivity index (χ1) is 15.1. The van der Waals surface area contributed by atoms with Crippen molar-refractivity contribution in [2.75, 3.05) is 5.75 Å². The minimum absolute atomic E-state index is 0.0822. The summed E-state index contributed by atoms with van der Waals surface area (Å²) in [6.07, 6.45) is 2.25. The molecule has 0 saturated carbocycles. The molecule has 4 aromatic rings. The SMILES string of the molecule is Cc1ccc(-n2c(Cc3ccccc3)nnc2SCC(=O)NCc2ccco2)c(C)c1. The lowest BCUT2D eigenvalue weighted by atomic mass is 10.1. The molecule has 0 bridgehead atoms. The van der Waals surface area contributed by atoms with Crippen LogP contribution in [0.5, 0.6) is 0 Å². The number of benzene rings is 2. The van der Waals surface area contributed by atoms with Gasteiger partial charge >= 0.3 is 0 Å². The number of amides is 1. The molecule has 0 spiro atoms. The highest BCUT2D eigenvalue weighted by Gasteiger charge is 2.18. The fourth-order valence-electron chi connectivity index (χ4n) is 3.36. The van der Waals surface area contributed by atoms with E-state index >= 15 is 0 Å². The van der Waals surface area contributed by atoms with Gasteiger partial charge in [-0.1, -0.05) is 59.8 Å². The number of hydrogen-bond acceptors (Lipinski definition) is 5. The minimum Gasteiger partial charge on any atom is -0.467 e. The maximum Gasteiger partial charge on any atom is 0.230 e. The molecule has 1 amide bonds. The van der Waals surface area contributed by atoms with Crippen LogP contribution in [0.25, 0.3) is 5.69 Å². The zero-order valence-corrected chi connectivity index (χ0v) is 18.4. The standard InChI is InChI=1S/C24H24N4O2S/c1-17-10-11-21(18(2)13-17)28-22(14-19-7-4-3-5-8-19)26-27-24(28)31-16-23(29)25-15-20-9-6-12-30-20/h3-13H,14-16H2,1-2H3,(H,25,29).